The number of sulfonamides is 1. The highest BCUT2D eigenvalue weighted by atomic mass is 32.2. The molecule has 0 heterocycles. The Morgan fingerprint density at radius 1 is 1.29 bits per heavy atom. The third-order valence-corrected chi connectivity index (χ3v) is 4.89. The van der Waals surface area contributed by atoms with Crippen molar-refractivity contribution in [2.24, 2.45) is 0 Å². The molecule has 0 saturated heterocycles. The number of nitrogens with one attached hydrogen (secondary N) is 1. The van der Waals surface area contributed by atoms with Crippen molar-refractivity contribution in [3.63, 3.8) is 0 Å². The molecule has 0 saturated carbocycles. The molecule has 0 aliphatic heterocycles. The van der Waals surface area contributed by atoms with E-state index in [4.69, 9.17) is 9.47 Å². The van der Waals surface area contributed by atoms with E-state index in [9.17, 15) is 18.0 Å². The summed E-state index contributed by atoms with van der Waals surface area (Å²) in [7, 11) is 0.364. The summed E-state index contributed by atoms with van der Waals surface area (Å²) in [5, 5.41) is 0. The highest BCUT2D eigenvalue weighted by Gasteiger charge is 2.21. The fourth-order valence-corrected chi connectivity index (χ4v) is 2.64. The van der Waals surface area contributed by atoms with Gasteiger partial charge in [-0.1, -0.05) is 0 Å². The minimum Gasteiger partial charge on any atom is -0.495 e. The first-order chi connectivity index (χ1) is 11.1. The van der Waals surface area contributed by atoms with Crippen LogP contribution in [0.3, 0.4) is 0 Å². The second kappa shape index (κ2) is 8.11. The predicted molar refractivity (Wildman–Crippen MR) is 87.4 cm³/mol. The third-order valence-electron chi connectivity index (χ3n) is 3.45. The average molecular weight is 358 g/mol. The topological polar surface area (TPSA) is 102 Å². The highest BCUT2D eigenvalue weighted by molar-refractivity contribution is 7.89. The highest BCUT2D eigenvalue weighted by Crippen LogP contribution is 2.25. The molecule has 0 spiro atoms. The molecule has 0 fully saturated rings. The molecule has 1 aromatic rings. The van der Waals surface area contributed by atoms with Crippen LogP contribution in [0, 0.1) is 0 Å². The van der Waals surface area contributed by atoms with Gasteiger partial charge in [0, 0.05) is 13.1 Å². The molecule has 0 radical (unpaired) electrons. The fraction of sp³-hybridized carbons (Fsp3) is 0.467. The number of hydrogen-bond donors (Lipinski definition) is 1. The van der Waals surface area contributed by atoms with Crippen LogP contribution in [0.25, 0.3) is 0 Å². The van der Waals surface area contributed by atoms with Gasteiger partial charge in [-0.25, -0.2) is 17.9 Å². The molecule has 1 N–H and O–H groups in total. The van der Waals surface area contributed by atoms with Crippen LogP contribution in [0.15, 0.2) is 23.1 Å². The molecule has 1 amide bonds. The lowest BCUT2D eigenvalue weighted by Gasteiger charge is -2.21. The first-order valence-corrected chi connectivity index (χ1v) is 8.66. The normalized spacial score (nSPS) is 11.2. The number of carbonyl (C=O) groups excluding carboxylic acids is 2. The van der Waals surface area contributed by atoms with E-state index in [1.807, 2.05) is 13.8 Å². The molecule has 1 rings (SSSR count). The van der Waals surface area contributed by atoms with Crippen LogP contribution in [0.4, 0.5) is 0 Å². The van der Waals surface area contributed by atoms with Crippen molar-refractivity contribution in [1.82, 2.24) is 9.62 Å². The number of amides is 1. The van der Waals surface area contributed by atoms with Crippen LogP contribution in [0.1, 0.15) is 24.2 Å². The van der Waals surface area contributed by atoms with Crippen LogP contribution in [0.2, 0.25) is 0 Å². The van der Waals surface area contributed by atoms with E-state index in [1.165, 1.54) is 31.2 Å². The molecule has 24 heavy (non-hydrogen) atoms. The Morgan fingerprint density at radius 2 is 1.92 bits per heavy atom. The Kier molecular flexibility index (Phi) is 6.73. The predicted octanol–water partition coefficient (Wildman–Crippen LogP) is 0.627. The van der Waals surface area contributed by atoms with E-state index in [2.05, 4.69) is 4.72 Å². The third kappa shape index (κ3) is 4.68. The van der Waals surface area contributed by atoms with Crippen LogP contribution in [-0.4, -0.2) is 59.0 Å². The van der Waals surface area contributed by atoms with Gasteiger partial charge in [-0.2, -0.15) is 0 Å². The van der Waals surface area contributed by atoms with Crippen molar-refractivity contribution >= 4 is 21.9 Å². The van der Waals surface area contributed by atoms with E-state index in [0.717, 1.165) is 6.07 Å². The van der Waals surface area contributed by atoms with Gasteiger partial charge in [0.1, 0.15) is 10.6 Å². The summed E-state index contributed by atoms with van der Waals surface area (Å²) in [4.78, 5) is 25.1. The summed E-state index contributed by atoms with van der Waals surface area (Å²) in [6.45, 7) is 3.24. The second-order valence-corrected chi connectivity index (χ2v) is 7.10. The van der Waals surface area contributed by atoms with Gasteiger partial charge >= 0.3 is 5.97 Å². The number of carbonyl (C=O) groups is 2. The molecule has 9 heteroatoms. The van der Waals surface area contributed by atoms with Crippen molar-refractivity contribution in [2.75, 3.05) is 27.8 Å². The van der Waals surface area contributed by atoms with E-state index in [-0.39, 0.29) is 28.2 Å². The van der Waals surface area contributed by atoms with Crippen LogP contribution >= 0.6 is 0 Å². The molecule has 0 bridgehead atoms. The number of hydrogen-bond acceptors (Lipinski definition) is 6. The van der Waals surface area contributed by atoms with Gasteiger partial charge in [-0.05, 0) is 39.1 Å². The zero-order valence-electron chi connectivity index (χ0n) is 14.3. The first-order valence-electron chi connectivity index (χ1n) is 7.18. The summed E-state index contributed by atoms with van der Waals surface area (Å²) in [5.74, 6) is -1.05. The molecule has 134 valence electrons. The maximum Gasteiger partial charge on any atom is 0.338 e. The van der Waals surface area contributed by atoms with E-state index < -0.39 is 22.6 Å². The molecule has 0 aliphatic rings. The Labute approximate surface area is 141 Å². The summed E-state index contributed by atoms with van der Waals surface area (Å²) in [6, 6.07) is 3.84. The monoisotopic (exact) mass is 358 g/mol. The maximum absolute atomic E-state index is 12.1. The van der Waals surface area contributed by atoms with Crippen LogP contribution in [0.5, 0.6) is 5.75 Å². The SMILES string of the molecule is CNS(=O)(=O)c1cc(C(=O)OCC(=O)N(C)C(C)C)ccc1OC. The molecule has 0 aromatic heterocycles. The zero-order chi connectivity index (χ0) is 18.5. The van der Waals surface area contributed by atoms with Crippen LogP contribution < -0.4 is 9.46 Å². The van der Waals surface area contributed by atoms with E-state index >= 15 is 0 Å². The van der Waals surface area contributed by atoms with Crippen molar-refractivity contribution in [3.8, 4) is 5.75 Å². The van der Waals surface area contributed by atoms with Crippen LogP contribution in [-0.2, 0) is 19.6 Å². The van der Waals surface area contributed by atoms with E-state index in [0.29, 0.717) is 0 Å². The van der Waals surface area contributed by atoms with E-state index in [1.54, 1.807) is 7.05 Å². The molecule has 8 nitrogen and oxygen atoms in total. The number of esters is 1. The minimum absolute atomic E-state index is 0.00428. The fourth-order valence-electron chi connectivity index (χ4n) is 1.72. The lowest BCUT2D eigenvalue weighted by atomic mass is 10.2. The Balaban J connectivity index is 2.97. The lowest BCUT2D eigenvalue weighted by molar-refractivity contribution is -0.134. The van der Waals surface area contributed by atoms with Gasteiger partial charge in [0.2, 0.25) is 10.0 Å². The van der Waals surface area contributed by atoms with Crippen molar-refractivity contribution < 1.29 is 27.5 Å². The maximum atomic E-state index is 12.1. The zero-order valence-corrected chi connectivity index (χ0v) is 15.1. The first kappa shape index (κ1) is 19.9. The van der Waals surface area contributed by atoms with Gasteiger partial charge in [0.05, 0.1) is 12.7 Å². The number of likely N-dealkylation sites (N-methyl/N-ethyl adjacent to an activating group) is 1. The van der Waals surface area contributed by atoms with Crippen molar-refractivity contribution in [2.45, 2.75) is 24.8 Å². The standard InChI is InChI=1S/C15H22N2O6S/c1-10(2)17(4)14(18)9-23-15(19)11-6-7-12(22-5)13(8-11)24(20,21)16-3/h6-8,10,16H,9H2,1-5H3. The Bertz CT molecular complexity index is 715. The largest absolute Gasteiger partial charge is 0.495 e. The summed E-state index contributed by atoms with van der Waals surface area (Å²) >= 11 is 0. The number of methoxy groups -OCH3 is 1. The smallest absolute Gasteiger partial charge is 0.338 e. The van der Waals surface area contributed by atoms with Gasteiger partial charge in [-0.3, -0.25) is 4.79 Å². The van der Waals surface area contributed by atoms with Crippen molar-refractivity contribution in [3.05, 3.63) is 23.8 Å². The lowest BCUT2D eigenvalue weighted by Crippen LogP contribution is -2.36. The van der Waals surface area contributed by atoms with Gasteiger partial charge in [0.25, 0.3) is 5.91 Å². The Hall–Kier alpha value is -2.13. The van der Waals surface area contributed by atoms with Gasteiger partial charge in [0.15, 0.2) is 6.61 Å². The molecule has 0 aliphatic carbocycles. The van der Waals surface area contributed by atoms with Gasteiger partial charge in [-0.15, -0.1) is 0 Å². The number of ether oxygens (including phenoxy) is 2. The quantitative estimate of drug-likeness (QED) is 0.717. The summed E-state index contributed by atoms with van der Waals surface area (Å²) < 4.78 is 36.1. The Morgan fingerprint density at radius 3 is 2.42 bits per heavy atom. The molecular weight excluding hydrogens is 336 g/mol. The molecular formula is C15H22N2O6S. The molecule has 1 aromatic carbocycles. The van der Waals surface area contributed by atoms with Gasteiger partial charge < -0.3 is 14.4 Å². The molecule has 0 unspecified atom stereocenters. The summed E-state index contributed by atoms with van der Waals surface area (Å²) in [6.07, 6.45) is 0. The average Bonchev–Trinajstić information content (AvgIpc) is 2.57. The molecule has 0 atom stereocenters. The summed E-state index contributed by atoms with van der Waals surface area (Å²) in [5.41, 5.74) is 0.00428. The second-order valence-electron chi connectivity index (χ2n) is 5.25. The van der Waals surface area contributed by atoms with Crippen molar-refractivity contribution in [1.29, 1.82) is 0 Å². The minimum atomic E-state index is -3.81. The number of rotatable bonds is 7. The number of benzene rings is 1. The number of nitrogens with zero attached hydrogens (tertiary/aromatic N) is 1.